The van der Waals surface area contributed by atoms with E-state index in [-0.39, 0.29) is 6.04 Å². The van der Waals surface area contributed by atoms with E-state index in [9.17, 15) is 0 Å². The van der Waals surface area contributed by atoms with Crippen molar-refractivity contribution in [3.8, 4) is 28.7 Å². The maximum Gasteiger partial charge on any atom is 0.155 e. The van der Waals surface area contributed by atoms with Gasteiger partial charge < -0.3 is 9.88 Å². The van der Waals surface area contributed by atoms with Gasteiger partial charge in [0.1, 0.15) is 17.7 Å². The standard InChI is InChI=1S/C23H21N9/c1-16(2)31-9-8-20(29-31)22-23(18-6-7-21-25-13-28-32(21)12-18)30(15-27-22)14-26-19-5-3-4-17(10-19)11-24/h3-10,12-13,15-16,26H,14H2,1-2H3. The Morgan fingerprint density at radius 2 is 2.03 bits per heavy atom. The Hall–Kier alpha value is -4.45. The van der Waals surface area contributed by atoms with Crippen LogP contribution in [0.15, 0.2) is 67.5 Å². The van der Waals surface area contributed by atoms with Gasteiger partial charge >= 0.3 is 0 Å². The molecule has 0 unspecified atom stereocenters. The number of imidazole rings is 1. The smallest absolute Gasteiger partial charge is 0.155 e. The number of pyridine rings is 1. The molecule has 5 rings (SSSR count). The first kappa shape index (κ1) is 19.5. The second kappa shape index (κ2) is 8.00. The number of nitriles is 1. The number of hydrogen-bond acceptors (Lipinski definition) is 6. The molecule has 0 radical (unpaired) electrons. The van der Waals surface area contributed by atoms with E-state index in [1.165, 1.54) is 6.33 Å². The summed E-state index contributed by atoms with van der Waals surface area (Å²) < 4.78 is 5.69. The zero-order chi connectivity index (χ0) is 22.1. The number of hydrogen-bond donors (Lipinski definition) is 1. The Morgan fingerprint density at radius 3 is 2.84 bits per heavy atom. The summed E-state index contributed by atoms with van der Waals surface area (Å²) in [7, 11) is 0. The summed E-state index contributed by atoms with van der Waals surface area (Å²) in [5.41, 5.74) is 5.70. The minimum Gasteiger partial charge on any atom is -0.367 e. The van der Waals surface area contributed by atoms with Gasteiger partial charge in [0.15, 0.2) is 5.65 Å². The Labute approximate surface area is 184 Å². The topological polar surface area (TPSA) is 102 Å². The predicted molar refractivity (Wildman–Crippen MR) is 121 cm³/mol. The molecule has 9 heteroatoms. The molecule has 0 bridgehead atoms. The summed E-state index contributed by atoms with van der Waals surface area (Å²) in [6.07, 6.45) is 7.24. The first-order valence-corrected chi connectivity index (χ1v) is 10.3. The minimum atomic E-state index is 0.259. The zero-order valence-corrected chi connectivity index (χ0v) is 17.7. The highest BCUT2D eigenvalue weighted by Crippen LogP contribution is 2.31. The Bertz CT molecular complexity index is 1430. The fraction of sp³-hybridized carbons (Fsp3) is 0.174. The third-order valence-electron chi connectivity index (χ3n) is 5.21. The number of aromatic nitrogens is 7. The monoisotopic (exact) mass is 423 g/mol. The van der Waals surface area contributed by atoms with E-state index in [2.05, 4.69) is 35.3 Å². The molecule has 0 aliphatic carbocycles. The maximum atomic E-state index is 9.16. The number of nitrogens with zero attached hydrogens (tertiary/aromatic N) is 8. The molecule has 0 aliphatic rings. The van der Waals surface area contributed by atoms with Crippen molar-refractivity contribution < 1.29 is 0 Å². The highest BCUT2D eigenvalue weighted by Gasteiger charge is 2.18. The second-order valence-electron chi connectivity index (χ2n) is 7.69. The number of benzene rings is 1. The zero-order valence-electron chi connectivity index (χ0n) is 17.7. The van der Waals surface area contributed by atoms with Crippen LogP contribution in [0.3, 0.4) is 0 Å². The van der Waals surface area contributed by atoms with Crippen LogP contribution in [0.5, 0.6) is 0 Å². The third-order valence-corrected chi connectivity index (χ3v) is 5.21. The lowest BCUT2D eigenvalue weighted by Crippen LogP contribution is -2.09. The predicted octanol–water partition coefficient (Wildman–Crippen LogP) is 3.98. The molecule has 4 aromatic heterocycles. The van der Waals surface area contributed by atoms with E-state index in [0.717, 1.165) is 34.0 Å². The summed E-state index contributed by atoms with van der Waals surface area (Å²) in [6.45, 7) is 4.65. The van der Waals surface area contributed by atoms with Crippen molar-refractivity contribution in [2.24, 2.45) is 0 Å². The van der Waals surface area contributed by atoms with Gasteiger partial charge in [0, 0.05) is 29.7 Å². The van der Waals surface area contributed by atoms with Crippen LogP contribution >= 0.6 is 0 Å². The van der Waals surface area contributed by atoms with E-state index in [1.54, 1.807) is 16.9 Å². The molecule has 0 fully saturated rings. The molecule has 0 saturated carbocycles. The highest BCUT2D eigenvalue weighted by molar-refractivity contribution is 5.77. The largest absolute Gasteiger partial charge is 0.367 e. The van der Waals surface area contributed by atoms with Crippen molar-refractivity contribution in [3.63, 3.8) is 0 Å². The van der Waals surface area contributed by atoms with Crippen LogP contribution in [-0.2, 0) is 6.67 Å². The first-order chi connectivity index (χ1) is 15.6. The molecule has 9 nitrogen and oxygen atoms in total. The molecule has 32 heavy (non-hydrogen) atoms. The molecule has 5 aromatic rings. The summed E-state index contributed by atoms with van der Waals surface area (Å²) in [5.74, 6) is 0. The Balaban J connectivity index is 1.56. The molecule has 0 spiro atoms. The summed E-state index contributed by atoms with van der Waals surface area (Å²) in [4.78, 5) is 8.93. The maximum absolute atomic E-state index is 9.16. The molecule has 0 saturated heterocycles. The summed E-state index contributed by atoms with van der Waals surface area (Å²) in [5, 5.41) is 21.5. The SMILES string of the molecule is CC(C)n1ccc(-c2ncn(CNc3cccc(C#N)c3)c2-c2ccc3ncnn3c2)n1. The number of rotatable bonds is 6. The Kier molecular flexibility index (Phi) is 4.88. The van der Waals surface area contributed by atoms with Crippen LogP contribution in [-0.4, -0.2) is 33.9 Å². The lowest BCUT2D eigenvalue weighted by molar-refractivity contribution is 0.534. The van der Waals surface area contributed by atoms with Crippen LogP contribution in [0.25, 0.3) is 28.3 Å². The van der Waals surface area contributed by atoms with Gasteiger partial charge in [0.2, 0.25) is 0 Å². The van der Waals surface area contributed by atoms with E-state index in [4.69, 9.17) is 15.3 Å². The van der Waals surface area contributed by atoms with Gasteiger partial charge in [-0.1, -0.05) is 6.07 Å². The second-order valence-corrected chi connectivity index (χ2v) is 7.69. The van der Waals surface area contributed by atoms with Gasteiger partial charge in [-0.2, -0.15) is 15.5 Å². The molecule has 0 aliphatic heterocycles. The van der Waals surface area contributed by atoms with Crippen molar-refractivity contribution in [2.45, 2.75) is 26.6 Å². The van der Waals surface area contributed by atoms with E-state index in [0.29, 0.717) is 12.2 Å². The van der Waals surface area contributed by atoms with Gasteiger partial charge in [-0.25, -0.2) is 14.5 Å². The van der Waals surface area contributed by atoms with Crippen LogP contribution < -0.4 is 5.32 Å². The summed E-state index contributed by atoms with van der Waals surface area (Å²) in [6, 6.07) is 15.7. The van der Waals surface area contributed by atoms with E-state index in [1.807, 2.05) is 58.0 Å². The van der Waals surface area contributed by atoms with Crippen molar-refractivity contribution in [1.82, 2.24) is 33.9 Å². The van der Waals surface area contributed by atoms with E-state index < -0.39 is 0 Å². The van der Waals surface area contributed by atoms with Crippen LogP contribution in [0, 0.1) is 11.3 Å². The molecule has 1 aromatic carbocycles. The van der Waals surface area contributed by atoms with Gasteiger partial charge in [0.25, 0.3) is 0 Å². The molecular weight excluding hydrogens is 402 g/mol. The number of nitrogens with one attached hydrogen (secondary N) is 1. The Morgan fingerprint density at radius 1 is 1.12 bits per heavy atom. The lowest BCUT2D eigenvalue weighted by Gasteiger charge is -2.12. The average Bonchev–Trinajstić information content (AvgIpc) is 3.56. The summed E-state index contributed by atoms with van der Waals surface area (Å²) >= 11 is 0. The fourth-order valence-electron chi connectivity index (χ4n) is 3.58. The van der Waals surface area contributed by atoms with Crippen molar-refractivity contribution in [3.05, 3.63) is 73.1 Å². The van der Waals surface area contributed by atoms with Gasteiger partial charge in [-0.05, 0) is 50.2 Å². The first-order valence-electron chi connectivity index (χ1n) is 10.3. The normalized spacial score (nSPS) is 11.2. The molecule has 158 valence electrons. The van der Waals surface area contributed by atoms with Gasteiger partial charge in [0.05, 0.1) is 30.3 Å². The molecule has 4 heterocycles. The van der Waals surface area contributed by atoms with Crippen molar-refractivity contribution >= 4 is 11.3 Å². The van der Waals surface area contributed by atoms with Gasteiger partial charge in [-0.15, -0.1) is 0 Å². The van der Waals surface area contributed by atoms with Crippen LogP contribution in [0.4, 0.5) is 5.69 Å². The van der Waals surface area contributed by atoms with E-state index >= 15 is 0 Å². The molecule has 0 atom stereocenters. The quantitative estimate of drug-likeness (QED) is 0.443. The minimum absolute atomic E-state index is 0.259. The fourth-order valence-corrected chi connectivity index (χ4v) is 3.58. The number of anilines is 1. The average molecular weight is 423 g/mol. The van der Waals surface area contributed by atoms with Crippen molar-refractivity contribution in [2.75, 3.05) is 5.32 Å². The lowest BCUT2D eigenvalue weighted by atomic mass is 10.1. The highest BCUT2D eigenvalue weighted by atomic mass is 15.3. The van der Waals surface area contributed by atoms with Crippen LogP contribution in [0.2, 0.25) is 0 Å². The molecule has 0 amide bonds. The molecule has 1 N–H and O–H groups in total. The third kappa shape index (κ3) is 3.58. The molecular formula is C23H21N9. The van der Waals surface area contributed by atoms with Crippen molar-refractivity contribution in [1.29, 1.82) is 5.26 Å². The van der Waals surface area contributed by atoms with Crippen LogP contribution in [0.1, 0.15) is 25.5 Å². The van der Waals surface area contributed by atoms with Gasteiger partial charge in [-0.3, -0.25) is 4.68 Å². The number of fused-ring (bicyclic) bond motifs is 1.